The van der Waals surface area contributed by atoms with Crippen molar-refractivity contribution in [2.24, 2.45) is 0 Å². The number of ether oxygens (including phenoxy) is 1. The van der Waals surface area contributed by atoms with E-state index in [1.54, 1.807) is 0 Å². The quantitative estimate of drug-likeness (QED) is 0.832. The minimum absolute atomic E-state index is 0.0117. The van der Waals surface area contributed by atoms with Gasteiger partial charge in [-0.15, -0.1) is 0 Å². The third kappa shape index (κ3) is 3.73. The lowest BCUT2D eigenvalue weighted by Crippen LogP contribution is -2.27. The van der Waals surface area contributed by atoms with Crippen LogP contribution in [0.4, 0.5) is 0 Å². The van der Waals surface area contributed by atoms with Crippen molar-refractivity contribution in [2.45, 2.75) is 39.2 Å². The van der Waals surface area contributed by atoms with E-state index in [4.69, 9.17) is 4.74 Å². The van der Waals surface area contributed by atoms with Gasteiger partial charge in [-0.2, -0.15) is 0 Å². The zero-order valence-electron chi connectivity index (χ0n) is 14.1. The molecule has 24 heavy (non-hydrogen) atoms. The molecule has 2 heterocycles. The molecule has 1 saturated heterocycles. The highest BCUT2D eigenvalue weighted by Crippen LogP contribution is 2.23. The number of halogens is 1. The molecule has 0 radical (unpaired) electrons. The summed E-state index contributed by atoms with van der Waals surface area (Å²) in [5.41, 5.74) is 3.80. The topological polar surface area (TPSA) is 43.3 Å². The Kier molecular flexibility index (Phi) is 5.41. The summed E-state index contributed by atoms with van der Waals surface area (Å²) in [5.74, 6) is -0.0117. The standard InChI is InChI=1S/C19H23BrN2O2/c1-13-11-18(19(23)21-9-8-17-7-4-10-24-17)14(2)22(13)16-6-3-5-15(20)12-16/h3,5-6,11-12,17H,4,7-10H2,1-2H3,(H,21,23). The van der Waals surface area contributed by atoms with E-state index in [0.717, 1.165) is 53.0 Å². The van der Waals surface area contributed by atoms with Gasteiger partial charge in [0.2, 0.25) is 0 Å². The molecular formula is C19H23BrN2O2. The summed E-state index contributed by atoms with van der Waals surface area (Å²) in [6.45, 7) is 5.52. The van der Waals surface area contributed by atoms with Crippen LogP contribution < -0.4 is 5.32 Å². The van der Waals surface area contributed by atoms with Gasteiger partial charge < -0.3 is 14.6 Å². The van der Waals surface area contributed by atoms with Crippen LogP contribution in [-0.2, 0) is 4.74 Å². The number of aromatic nitrogens is 1. The van der Waals surface area contributed by atoms with Crippen molar-refractivity contribution >= 4 is 21.8 Å². The van der Waals surface area contributed by atoms with E-state index >= 15 is 0 Å². The molecule has 1 unspecified atom stereocenters. The number of hydrogen-bond donors (Lipinski definition) is 1. The lowest BCUT2D eigenvalue weighted by atomic mass is 10.2. The van der Waals surface area contributed by atoms with Gasteiger partial charge in [-0.25, -0.2) is 0 Å². The van der Waals surface area contributed by atoms with E-state index in [-0.39, 0.29) is 5.91 Å². The van der Waals surface area contributed by atoms with E-state index in [1.165, 1.54) is 0 Å². The molecular weight excluding hydrogens is 368 g/mol. The van der Waals surface area contributed by atoms with E-state index in [2.05, 4.69) is 31.9 Å². The molecule has 1 fully saturated rings. The van der Waals surface area contributed by atoms with Crippen molar-refractivity contribution in [1.82, 2.24) is 9.88 Å². The minimum atomic E-state index is -0.0117. The molecule has 128 valence electrons. The van der Waals surface area contributed by atoms with Crippen molar-refractivity contribution in [3.8, 4) is 5.69 Å². The maximum Gasteiger partial charge on any atom is 0.253 e. The number of nitrogens with one attached hydrogen (secondary N) is 1. The van der Waals surface area contributed by atoms with Crippen LogP contribution in [0.2, 0.25) is 0 Å². The van der Waals surface area contributed by atoms with Crippen molar-refractivity contribution in [3.05, 3.63) is 51.8 Å². The number of aryl methyl sites for hydroxylation is 1. The zero-order chi connectivity index (χ0) is 17.1. The van der Waals surface area contributed by atoms with Crippen LogP contribution in [0.1, 0.15) is 41.0 Å². The first-order chi connectivity index (χ1) is 11.6. The molecule has 1 aromatic carbocycles. The molecule has 1 N–H and O–H groups in total. The number of benzene rings is 1. The van der Waals surface area contributed by atoms with Crippen molar-refractivity contribution < 1.29 is 9.53 Å². The second-order valence-electron chi connectivity index (χ2n) is 6.28. The van der Waals surface area contributed by atoms with Crippen LogP contribution in [0.5, 0.6) is 0 Å². The second kappa shape index (κ2) is 7.53. The van der Waals surface area contributed by atoms with Gasteiger partial charge >= 0.3 is 0 Å². The van der Waals surface area contributed by atoms with Crippen LogP contribution in [0.25, 0.3) is 5.69 Å². The largest absolute Gasteiger partial charge is 0.378 e. The summed E-state index contributed by atoms with van der Waals surface area (Å²) in [6.07, 6.45) is 3.43. The first kappa shape index (κ1) is 17.2. The molecule has 3 rings (SSSR count). The van der Waals surface area contributed by atoms with Gasteiger partial charge in [0.1, 0.15) is 0 Å². The molecule has 0 aliphatic carbocycles. The molecule has 0 bridgehead atoms. The van der Waals surface area contributed by atoms with E-state index in [0.29, 0.717) is 12.6 Å². The zero-order valence-corrected chi connectivity index (χ0v) is 15.7. The van der Waals surface area contributed by atoms with E-state index in [1.807, 2.05) is 38.1 Å². The molecule has 1 amide bonds. The number of hydrogen-bond acceptors (Lipinski definition) is 2. The Balaban J connectivity index is 1.72. The smallest absolute Gasteiger partial charge is 0.253 e. The molecule has 1 atom stereocenters. The van der Waals surface area contributed by atoms with Gasteiger partial charge in [-0.3, -0.25) is 4.79 Å². The third-order valence-corrected chi connectivity index (χ3v) is 5.01. The van der Waals surface area contributed by atoms with Gasteiger partial charge in [0.25, 0.3) is 5.91 Å². The Labute approximate surface area is 151 Å². The van der Waals surface area contributed by atoms with Gasteiger partial charge in [0, 0.05) is 34.7 Å². The lowest BCUT2D eigenvalue weighted by Gasteiger charge is -2.11. The molecule has 1 aliphatic rings. The number of carbonyl (C=O) groups is 1. The fourth-order valence-corrected chi connectivity index (χ4v) is 3.71. The fourth-order valence-electron chi connectivity index (χ4n) is 3.32. The normalized spacial score (nSPS) is 17.2. The van der Waals surface area contributed by atoms with Crippen LogP contribution in [0.3, 0.4) is 0 Å². The number of rotatable bonds is 5. The highest BCUT2D eigenvalue weighted by Gasteiger charge is 2.18. The summed E-state index contributed by atoms with van der Waals surface area (Å²) in [5, 5.41) is 3.03. The minimum Gasteiger partial charge on any atom is -0.378 e. The van der Waals surface area contributed by atoms with Crippen LogP contribution in [-0.4, -0.2) is 29.7 Å². The molecule has 4 nitrogen and oxygen atoms in total. The molecule has 5 heteroatoms. The first-order valence-corrected chi connectivity index (χ1v) is 9.20. The van der Waals surface area contributed by atoms with E-state index < -0.39 is 0 Å². The lowest BCUT2D eigenvalue weighted by molar-refractivity contribution is 0.0906. The summed E-state index contributed by atoms with van der Waals surface area (Å²) in [4.78, 5) is 12.5. The van der Waals surface area contributed by atoms with Crippen molar-refractivity contribution in [1.29, 1.82) is 0 Å². The molecule has 2 aromatic rings. The average molecular weight is 391 g/mol. The van der Waals surface area contributed by atoms with Gasteiger partial charge in [0.05, 0.1) is 11.7 Å². The maximum atomic E-state index is 12.5. The number of carbonyl (C=O) groups excluding carboxylic acids is 1. The summed E-state index contributed by atoms with van der Waals surface area (Å²) < 4.78 is 8.73. The predicted octanol–water partition coefficient (Wildman–Crippen LogP) is 4.16. The van der Waals surface area contributed by atoms with Crippen molar-refractivity contribution in [2.75, 3.05) is 13.2 Å². The van der Waals surface area contributed by atoms with E-state index in [9.17, 15) is 4.79 Å². The molecule has 0 spiro atoms. The molecule has 1 aliphatic heterocycles. The van der Waals surface area contributed by atoms with Gasteiger partial charge in [-0.1, -0.05) is 22.0 Å². The Hall–Kier alpha value is -1.59. The fraction of sp³-hybridized carbons (Fsp3) is 0.421. The summed E-state index contributed by atoms with van der Waals surface area (Å²) in [6, 6.07) is 10.1. The highest BCUT2D eigenvalue weighted by atomic mass is 79.9. The summed E-state index contributed by atoms with van der Waals surface area (Å²) >= 11 is 3.51. The Morgan fingerprint density at radius 1 is 1.38 bits per heavy atom. The average Bonchev–Trinajstić information content (AvgIpc) is 3.15. The predicted molar refractivity (Wildman–Crippen MR) is 98.9 cm³/mol. The molecule has 1 aromatic heterocycles. The maximum absolute atomic E-state index is 12.5. The number of nitrogens with zero attached hydrogens (tertiary/aromatic N) is 1. The van der Waals surface area contributed by atoms with Crippen molar-refractivity contribution in [3.63, 3.8) is 0 Å². The van der Waals surface area contributed by atoms with Gasteiger partial charge in [0.15, 0.2) is 0 Å². The first-order valence-electron chi connectivity index (χ1n) is 8.41. The molecule has 0 saturated carbocycles. The SMILES string of the molecule is Cc1cc(C(=O)NCCC2CCCO2)c(C)n1-c1cccc(Br)c1. The van der Waals surface area contributed by atoms with Gasteiger partial charge in [-0.05, 0) is 57.4 Å². The number of amides is 1. The van der Waals surface area contributed by atoms with Crippen LogP contribution in [0, 0.1) is 13.8 Å². The van der Waals surface area contributed by atoms with Crippen LogP contribution in [0.15, 0.2) is 34.8 Å². The second-order valence-corrected chi connectivity index (χ2v) is 7.20. The third-order valence-electron chi connectivity index (χ3n) is 4.52. The highest BCUT2D eigenvalue weighted by molar-refractivity contribution is 9.10. The van der Waals surface area contributed by atoms with Crippen LogP contribution >= 0.6 is 15.9 Å². The monoisotopic (exact) mass is 390 g/mol. The Morgan fingerprint density at radius 3 is 2.92 bits per heavy atom. The Morgan fingerprint density at radius 2 is 2.21 bits per heavy atom. The summed E-state index contributed by atoms with van der Waals surface area (Å²) in [7, 11) is 0. The Bertz CT molecular complexity index is 733.